The van der Waals surface area contributed by atoms with Gasteiger partial charge in [-0.3, -0.25) is 4.79 Å². The van der Waals surface area contributed by atoms with Crippen molar-refractivity contribution in [3.8, 4) is 0 Å². The molecule has 0 radical (unpaired) electrons. The van der Waals surface area contributed by atoms with Gasteiger partial charge in [-0.25, -0.2) is 0 Å². The molecule has 0 aromatic heterocycles. The Labute approximate surface area is 101 Å². The van der Waals surface area contributed by atoms with E-state index < -0.39 is 0 Å². The van der Waals surface area contributed by atoms with E-state index in [9.17, 15) is 4.79 Å². The molecule has 0 aliphatic carbocycles. The number of esters is 1. The highest BCUT2D eigenvalue weighted by molar-refractivity contribution is 7.99. The SMILES string of the molecule is CCOC(=O)CCc1ccc(SCC)cc1. The molecular formula is C13H18O2S. The van der Waals surface area contributed by atoms with Crippen LogP contribution in [0.1, 0.15) is 25.8 Å². The highest BCUT2D eigenvalue weighted by Crippen LogP contribution is 2.18. The molecule has 0 amide bonds. The molecule has 16 heavy (non-hydrogen) atoms. The Morgan fingerprint density at radius 2 is 1.94 bits per heavy atom. The van der Waals surface area contributed by atoms with E-state index in [4.69, 9.17) is 4.74 Å². The fourth-order valence-electron chi connectivity index (χ4n) is 1.40. The van der Waals surface area contributed by atoms with Gasteiger partial charge in [0.15, 0.2) is 0 Å². The van der Waals surface area contributed by atoms with Crippen LogP contribution in [0.15, 0.2) is 29.2 Å². The smallest absolute Gasteiger partial charge is 0.306 e. The molecule has 0 atom stereocenters. The average molecular weight is 238 g/mol. The van der Waals surface area contributed by atoms with Crippen LogP contribution in [-0.4, -0.2) is 18.3 Å². The number of ether oxygens (including phenoxy) is 1. The second-order valence-corrected chi connectivity index (χ2v) is 4.72. The number of thioether (sulfide) groups is 1. The van der Waals surface area contributed by atoms with Gasteiger partial charge in [-0.2, -0.15) is 0 Å². The van der Waals surface area contributed by atoms with Gasteiger partial charge in [-0.05, 0) is 36.8 Å². The fourth-order valence-corrected chi connectivity index (χ4v) is 2.06. The summed E-state index contributed by atoms with van der Waals surface area (Å²) in [5, 5.41) is 0. The minimum absolute atomic E-state index is 0.116. The molecule has 0 saturated carbocycles. The standard InChI is InChI=1S/C13H18O2S/c1-3-15-13(14)10-7-11-5-8-12(9-6-11)16-4-2/h5-6,8-9H,3-4,7,10H2,1-2H3. The molecule has 88 valence electrons. The summed E-state index contributed by atoms with van der Waals surface area (Å²) >= 11 is 1.82. The highest BCUT2D eigenvalue weighted by atomic mass is 32.2. The lowest BCUT2D eigenvalue weighted by Gasteiger charge is -2.03. The second-order valence-electron chi connectivity index (χ2n) is 3.38. The lowest BCUT2D eigenvalue weighted by Crippen LogP contribution is -2.04. The van der Waals surface area contributed by atoms with Crippen LogP contribution in [0.3, 0.4) is 0 Å². The third-order valence-electron chi connectivity index (χ3n) is 2.16. The normalized spacial score (nSPS) is 10.1. The number of benzene rings is 1. The summed E-state index contributed by atoms with van der Waals surface area (Å²) in [7, 11) is 0. The van der Waals surface area contributed by atoms with Crippen molar-refractivity contribution < 1.29 is 9.53 Å². The Bertz CT molecular complexity index is 319. The average Bonchev–Trinajstić information content (AvgIpc) is 2.29. The van der Waals surface area contributed by atoms with Crippen molar-refractivity contribution in [2.24, 2.45) is 0 Å². The summed E-state index contributed by atoms with van der Waals surface area (Å²) < 4.78 is 4.88. The molecule has 2 nitrogen and oxygen atoms in total. The molecule has 0 saturated heterocycles. The molecule has 0 spiro atoms. The predicted molar refractivity (Wildman–Crippen MR) is 67.8 cm³/mol. The van der Waals surface area contributed by atoms with E-state index in [-0.39, 0.29) is 5.97 Å². The van der Waals surface area contributed by atoms with Crippen LogP contribution in [0, 0.1) is 0 Å². The summed E-state index contributed by atoms with van der Waals surface area (Å²) in [6.45, 7) is 4.43. The van der Waals surface area contributed by atoms with Crippen molar-refractivity contribution in [2.45, 2.75) is 31.6 Å². The molecule has 0 aliphatic rings. The van der Waals surface area contributed by atoms with Crippen LogP contribution in [-0.2, 0) is 16.0 Å². The molecule has 0 heterocycles. The lowest BCUT2D eigenvalue weighted by atomic mass is 10.1. The van der Waals surface area contributed by atoms with E-state index in [1.165, 1.54) is 10.5 Å². The van der Waals surface area contributed by atoms with Crippen molar-refractivity contribution in [1.82, 2.24) is 0 Å². The van der Waals surface area contributed by atoms with Crippen LogP contribution in [0.25, 0.3) is 0 Å². The number of carbonyl (C=O) groups is 1. The Kier molecular flexibility index (Phi) is 6.01. The molecular weight excluding hydrogens is 220 g/mol. The van der Waals surface area contributed by atoms with Crippen LogP contribution in [0.4, 0.5) is 0 Å². The molecule has 1 rings (SSSR count). The van der Waals surface area contributed by atoms with Gasteiger partial charge in [-0.1, -0.05) is 19.1 Å². The topological polar surface area (TPSA) is 26.3 Å². The highest BCUT2D eigenvalue weighted by Gasteiger charge is 2.02. The number of hydrogen-bond donors (Lipinski definition) is 0. The third kappa shape index (κ3) is 4.71. The minimum atomic E-state index is -0.116. The van der Waals surface area contributed by atoms with Gasteiger partial charge in [0.05, 0.1) is 6.61 Å². The zero-order chi connectivity index (χ0) is 11.8. The Morgan fingerprint density at radius 3 is 2.50 bits per heavy atom. The first-order chi connectivity index (χ1) is 7.76. The lowest BCUT2D eigenvalue weighted by molar-refractivity contribution is -0.143. The van der Waals surface area contributed by atoms with Crippen LogP contribution >= 0.6 is 11.8 Å². The summed E-state index contributed by atoms with van der Waals surface area (Å²) in [5.74, 6) is 0.969. The second kappa shape index (κ2) is 7.34. The first kappa shape index (κ1) is 13.1. The molecule has 0 fully saturated rings. The van der Waals surface area contributed by atoms with Gasteiger partial charge < -0.3 is 4.74 Å². The maximum atomic E-state index is 11.2. The van der Waals surface area contributed by atoms with Gasteiger partial charge in [0, 0.05) is 11.3 Å². The largest absolute Gasteiger partial charge is 0.466 e. The van der Waals surface area contributed by atoms with Crippen molar-refractivity contribution in [3.63, 3.8) is 0 Å². The summed E-state index contributed by atoms with van der Waals surface area (Å²) in [5.41, 5.74) is 1.19. The van der Waals surface area contributed by atoms with E-state index in [0.29, 0.717) is 13.0 Å². The first-order valence-corrected chi connectivity index (χ1v) is 6.62. The summed E-state index contributed by atoms with van der Waals surface area (Å²) in [4.78, 5) is 12.4. The van der Waals surface area contributed by atoms with Gasteiger partial charge in [0.2, 0.25) is 0 Å². The maximum absolute atomic E-state index is 11.2. The van der Waals surface area contributed by atoms with Gasteiger partial charge in [0.25, 0.3) is 0 Å². The van der Waals surface area contributed by atoms with Gasteiger partial charge in [-0.15, -0.1) is 11.8 Å². The van der Waals surface area contributed by atoms with Crippen LogP contribution < -0.4 is 0 Å². The zero-order valence-corrected chi connectivity index (χ0v) is 10.7. The molecule has 1 aromatic carbocycles. The quantitative estimate of drug-likeness (QED) is 0.562. The van der Waals surface area contributed by atoms with E-state index in [1.54, 1.807) is 0 Å². The number of carbonyl (C=O) groups excluding carboxylic acids is 1. The minimum Gasteiger partial charge on any atom is -0.466 e. The van der Waals surface area contributed by atoms with E-state index in [0.717, 1.165) is 12.2 Å². The van der Waals surface area contributed by atoms with E-state index in [2.05, 4.69) is 31.2 Å². The van der Waals surface area contributed by atoms with E-state index in [1.807, 2.05) is 18.7 Å². The molecule has 0 aliphatic heterocycles. The first-order valence-electron chi connectivity index (χ1n) is 5.63. The number of hydrogen-bond acceptors (Lipinski definition) is 3. The predicted octanol–water partition coefficient (Wildman–Crippen LogP) is 3.29. The van der Waals surface area contributed by atoms with Crippen molar-refractivity contribution in [1.29, 1.82) is 0 Å². The Morgan fingerprint density at radius 1 is 1.25 bits per heavy atom. The van der Waals surface area contributed by atoms with Crippen LogP contribution in [0.2, 0.25) is 0 Å². The van der Waals surface area contributed by atoms with Crippen molar-refractivity contribution in [2.75, 3.05) is 12.4 Å². The monoisotopic (exact) mass is 238 g/mol. The number of aryl methyl sites for hydroxylation is 1. The molecule has 1 aromatic rings. The molecule has 0 N–H and O–H groups in total. The zero-order valence-electron chi connectivity index (χ0n) is 9.86. The van der Waals surface area contributed by atoms with Crippen molar-refractivity contribution in [3.05, 3.63) is 29.8 Å². The Hall–Kier alpha value is -0.960. The van der Waals surface area contributed by atoms with Gasteiger partial charge in [0.1, 0.15) is 0 Å². The van der Waals surface area contributed by atoms with Gasteiger partial charge >= 0.3 is 5.97 Å². The maximum Gasteiger partial charge on any atom is 0.306 e. The fraction of sp³-hybridized carbons (Fsp3) is 0.462. The molecule has 0 bridgehead atoms. The molecule has 0 unspecified atom stereocenters. The Balaban J connectivity index is 2.40. The van der Waals surface area contributed by atoms with Crippen LogP contribution in [0.5, 0.6) is 0 Å². The summed E-state index contributed by atoms with van der Waals surface area (Å²) in [6.07, 6.45) is 1.23. The summed E-state index contributed by atoms with van der Waals surface area (Å²) in [6, 6.07) is 8.37. The van der Waals surface area contributed by atoms with Crippen molar-refractivity contribution >= 4 is 17.7 Å². The van der Waals surface area contributed by atoms with E-state index >= 15 is 0 Å². The number of rotatable bonds is 6. The third-order valence-corrected chi connectivity index (χ3v) is 3.05. The molecule has 3 heteroatoms.